The second-order valence-electron chi connectivity index (χ2n) is 1.26. The monoisotopic (exact) mass is 99.1 g/mol. The van der Waals surface area contributed by atoms with E-state index in [1.807, 2.05) is 0 Å². The topological polar surface area (TPSA) is 75.9 Å². The second kappa shape index (κ2) is 2.23. The molecule has 0 spiro atoms. The van der Waals surface area contributed by atoms with Crippen molar-refractivity contribution in [3.8, 4) is 0 Å². The van der Waals surface area contributed by atoms with E-state index < -0.39 is 0 Å². The summed E-state index contributed by atoms with van der Waals surface area (Å²) in [7, 11) is 0. The van der Waals surface area contributed by atoms with Crippen molar-refractivity contribution in [2.24, 2.45) is 11.5 Å². The van der Waals surface area contributed by atoms with Gasteiger partial charge in [-0.1, -0.05) is 0 Å². The quantitative estimate of drug-likeness (QED) is 0.314. The lowest BCUT2D eigenvalue weighted by Crippen LogP contribution is -2.11. The normalized spacial score (nSPS) is 11.3. The highest BCUT2D eigenvalue weighted by Crippen LogP contribution is 1.82. The summed E-state index contributed by atoms with van der Waals surface area (Å²) in [6, 6.07) is 0. The molecule has 0 aliphatic carbocycles. The van der Waals surface area contributed by atoms with Crippen LogP contribution in [-0.4, -0.2) is 5.84 Å². The molecule has 40 valence electrons. The van der Waals surface area contributed by atoms with Crippen LogP contribution in [0.5, 0.6) is 0 Å². The summed E-state index contributed by atoms with van der Waals surface area (Å²) in [6.45, 7) is 1.68. The summed E-state index contributed by atoms with van der Waals surface area (Å²) in [5.41, 5.74) is 10.6. The molecule has 0 atom stereocenters. The summed E-state index contributed by atoms with van der Waals surface area (Å²) in [5, 5.41) is 6.73. The van der Waals surface area contributed by atoms with Gasteiger partial charge in [0.2, 0.25) is 0 Å². The molecule has 0 amide bonds. The Morgan fingerprint density at radius 2 is 2.14 bits per heavy atom. The Hall–Kier alpha value is -0.990. The Morgan fingerprint density at radius 3 is 2.14 bits per heavy atom. The number of hydrogen-bond donors (Lipinski definition) is 3. The number of rotatable bonds is 1. The molecule has 0 radical (unpaired) electrons. The van der Waals surface area contributed by atoms with Crippen LogP contribution >= 0.6 is 0 Å². The third-order valence-corrected chi connectivity index (χ3v) is 0.675. The van der Waals surface area contributed by atoms with Gasteiger partial charge in [0.05, 0.1) is 0 Å². The van der Waals surface area contributed by atoms with Crippen molar-refractivity contribution in [3.63, 3.8) is 0 Å². The highest BCUT2D eigenvalue weighted by molar-refractivity contribution is 5.93. The molecule has 3 nitrogen and oxygen atoms in total. The minimum Gasteiger partial charge on any atom is -0.404 e. The molecule has 0 heterocycles. The highest BCUT2D eigenvalue weighted by Gasteiger charge is 1.85. The van der Waals surface area contributed by atoms with Gasteiger partial charge in [0, 0.05) is 11.8 Å². The maximum absolute atomic E-state index is 6.73. The average Bonchev–Trinajstić information content (AvgIpc) is 1.65. The zero-order valence-electron chi connectivity index (χ0n) is 4.23. The fraction of sp³-hybridized carbons (Fsp3) is 0.250. The zero-order valence-corrected chi connectivity index (χ0v) is 4.23. The van der Waals surface area contributed by atoms with Gasteiger partial charge in [-0.05, 0) is 6.92 Å². The van der Waals surface area contributed by atoms with Crippen LogP contribution in [0.1, 0.15) is 6.92 Å². The van der Waals surface area contributed by atoms with Gasteiger partial charge >= 0.3 is 0 Å². The molecule has 0 aromatic rings. The lowest BCUT2D eigenvalue weighted by atomic mass is 10.3. The van der Waals surface area contributed by atoms with Gasteiger partial charge in [-0.25, -0.2) is 0 Å². The van der Waals surface area contributed by atoms with E-state index in [-0.39, 0.29) is 5.84 Å². The van der Waals surface area contributed by atoms with E-state index in [2.05, 4.69) is 0 Å². The molecule has 0 rings (SSSR count). The molecular formula is C4H9N3. The first kappa shape index (κ1) is 6.01. The van der Waals surface area contributed by atoms with Crippen molar-refractivity contribution in [2.75, 3.05) is 0 Å². The van der Waals surface area contributed by atoms with Crippen molar-refractivity contribution in [3.05, 3.63) is 11.8 Å². The van der Waals surface area contributed by atoms with Crippen LogP contribution < -0.4 is 11.5 Å². The van der Waals surface area contributed by atoms with Gasteiger partial charge < -0.3 is 11.5 Å². The molecule has 0 aromatic carbocycles. The van der Waals surface area contributed by atoms with Gasteiger partial charge in [-0.15, -0.1) is 0 Å². The molecule has 0 bridgehead atoms. The first-order valence-electron chi connectivity index (χ1n) is 1.91. The largest absolute Gasteiger partial charge is 0.404 e. The molecule has 0 saturated carbocycles. The molecule has 0 fully saturated rings. The predicted molar refractivity (Wildman–Crippen MR) is 29.9 cm³/mol. The Bertz CT molecular complexity index is 104. The van der Waals surface area contributed by atoms with Gasteiger partial charge in [0.15, 0.2) is 0 Å². The lowest BCUT2D eigenvalue weighted by molar-refractivity contribution is 1.36. The Labute approximate surface area is 42.5 Å². The molecule has 0 aliphatic rings. The van der Waals surface area contributed by atoms with E-state index in [0.29, 0.717) is 5.57 Å². The maximum atomic E-state index is 6.73. The second-order valence-corrected chi connectivity index (χ2v) is 1.26. The van der Waals surface area contributed by atoms with Crippen LogP contribution in [-0.2, 0) is 0 Å². The van der Waals surface area contributed by atoms with Gasteiger partial charge in [-0.3, -0.25) is 5.41 Å². The SMILES string of the molecule is CC(=CN)C(=N)N. The molecule has 0 saturated heterocycles. The van der Waals surface area contributed by atoms with Gasteiger partial charge in [0.1, 0.15) is 5.84 Å². The van der Waals surface area contributed by atoms with Crippen LogP contribution in [0.2, 0.25) is 0 Å². The Kier molecular flexibility index (Phi) is 1.91. The summed E-state index contributed by atoms with van der Waals surface area (Å²) < 4.78 is 0. The first-order chi connectivity index (χ1) is 3.18. The number of nitrogens with two attached hydrogens (primary N) is 2. The smallest absolute Gasteiger partial charge is 0.119 e. The van der Waals surface area contributed by atoms with E-state index >= 15 is 0 Å². The van der Waals surface area contributed by atoms with Gasteiger partial charge in [-0.2, -0.15) is 0 Å². The van der Waals surface area contributed by atoms with Crippen molar-refractivity contribution >= 4 is 5.84 Å². The summed E-state index contributed by atoms with van der Waals surface area (Å²) >= 11 is 0. The minimum atomic E-state index is 0.0301. The molecule has 0 aliphatic heterocycles. The summed E-state index contributed by atoms with van der Waals surface area (Å²) in [6.07, 6.45) is 1.31. The van der Waals surface area contributed by atoms with Crippen LogP contribution in [0.3, 0.4) is 0 Å². The number of nitrogens with one attached hydrogen (secondary N) is 1. The van der Waals surface area contributed by atoms with Crippen molar-refractivity contribution in [2.45, 2.75) is 6.92 Å². The number of hydrogen-bond acceptors (Lipinski definition) is 2. The van der Waals surface area contributed by atoms with Crippen molar-refractivity contribution in [1.29, 1.82) is 5.41 Å². The number of amidine groups is 1. The molecule has 0 aromatic heterocycles. The average molecular weight is 99.1 g/mol. The zero-order chi connectivity index (χ0) is 5.86. The summed E-state index contributed by atoms with van der Waals surface area (Å²) in [4.78, 5) is 0. The minimum absolute atomic E-state index is 0.0301. The standard InChI is InChI=1S/C4H9N3/c1-3(2-5)4(6)7/h2H,5H2,1H3,(H3,6,7). The molecular weight excluding hydrogens is 90.1 g/mol. The maximum Gasteiger partial charge on any atom is 0.119 e. The van der Waals surface area contributed by atoms with E-state index in [4.69, 9.17) is 16.9 Å². The fourth-order valence-corrected chi connectivity index (χ4v) is 0.0898. The van der Waals surface area contributed by atoms with Crippen LogP contribution in [0.15, 0.2) is 11.8 Å². The van der Waals surface area contributed by atoms with Crippen LogP contribution in [0.25, 0.3) is 0 Å². The van der Waals surface area contributed by atoms with E-state index in [0.717, 1.165) is 0 Å². The third kappa shape index (κ3) is 1.81. The van der Waals surface area contributed by atoms with Gasteiger partial charge in [0.25, 0.3) is 0 Å². The fourth-order valence-electron chi connectivity index (χ4n) is 0.0898. The van der Waals surface area contributed by atoms with Crippen molar-refractivity contribution < 1.29 is 0 Å². The van der Waals surface area contributed by atoms with E-state index in [9.17, 15) is 0 Å². The van der Waals surface area contributed by atoms with Crippen LogP contribution in [0.4, 0.5) is 0 Å². The molecule has 0 unspecified atom stereocenters. The van der Waals surface area contributed by atoms with Crippen molar-refractivity contribution in [1.82, 2.24) is 0 Å². The lowest BCUT2D eigenvalue weighted by Gasteiger charge is -1.90. The Morgan fingerprint density at radius 1 is 1.71 bits per heavy atom. The van der Waals surface area contributed by atoms with E-state index in [1.54, 1.807) is 6.92 Å². The van der Waals surface area contributed by atoms with Crippen LogP contribution in [0, 0.1) is 5.41 Å². The molecule has 7 heavy (non-hydrogen) atoms. The predicted octanol–water partition coefficient (Wildman–Crippen LogP) is -0.215. The molecule has 3 heteroatoms. The third-order valence-electron chi connectivity index (χ3n) is 0.675. The molecule has 5 N–H and O–H groups in total. The van der Waals surface area contributed by atoms with E-state index in [1.165, 1.54) is 6.20 Å². The highest BCUT2D eigenvalue weighted by atomic mass is 14.7. The summed E-state index contributed by atoms with van der Waals surface area (Å²) in [5.74, 6) is 0.0301. The Balaban J connectivity index is 3.82. The first-order valence-corrected chi connectivity index (χ1v) is 1.91.